The van der Waals surface area contributed by atoms with Gasteiger partial charge in [0.1, 0.15) is 0 Å². The first-order valence-electron chi connectivity index (χ1n) is 5.89. The highest BCUT2D eigenvalue weighted by Gasteiger charge is 2.22. The molecule has 2 rings (SSSR count). The summed E-state index contributed by atoms with van der Waals surface area (Å²) in [5.74, 6) is 1.59. The standard InChI is InChI=1S/C13H16N2O5/c1-15-11(16)7-20-13(14-15)8-5-9(17-2)12(19-4)10(6-8)18-3/h5-6H,7H2,1-4H3. The maximum atomic E-state index is 11.3. The van der Waals surface area contributed by atoms with E-state index in [4.69, 9.17) is 18.9 Å². The van der Waals surface area contributed by atoms with E-state index in [2.05, 4.69) is 5.10 Å². The summed E-state index contributed by atoms with van der Waals surface area (Å²) in [5.41, 5.74) is 0.638. The second-order valence-corrected chi connectivity index (χ2v) is 4.03. The fraction of sp³-hybridized carbons (Fsp3) is 0.385. The SMILES string of the molecule is COc1cc(C2=NN(C)C(=O)CO2)cc(OC)c1OC. The van der Waals surface area contributed by atoms with Crippen LogP contribution in [0.15, 0.2) is 17.2 Å². The maximum absolute atomic E-state index is 11.3. The van der Waals surface area contributed by atoms with Crippen molar-refractivity contribution in [2.45, 2.75) is 0 Å². The highest BCUT2D eigenvalue weighted by atomic mass is 16.5. The van der Waals surface area contributed by atoms with E-state index >= 15 is 0 Å². The van der Waals surface area contributed by atoms with Gasteiger partial charge in [-0.3, -0.25) is 4.79 Å². The van der Waals surface area contributed by atoms with Gasteiger partial charge in [-0.1, -0.05) is 0 Å². The normalized spacial score (nSPS) is 14.5. The third kappa shape index (κ3) is 2.47. The van der Waals surface area contributed by atoms with Crippen molar-refractivity contribution in [3.63, 3.8) is 0 Å². The molecule has 0 saturated heterocycles. The Bertz CT molecular complexity index is 531. The highest BCUT2D eigenvalue weighted by molar-refractivity contribution is 5.99. The Morgan fingerprint density at radius 2 is 1.75 bits per heavy atom. The van der Waals surface area contributed by atoms with Gasteiger partial charge in [0.15, 0.2) is 18.1 Å². The number of hydrogen-bond acceptors (Lipinski definition) is 6. The third-order valence-corrected chi connectivity index (χ3v) is 2.85. The molecular weight excluding hydrogens is 264 g/mol. The van der Waals surface area contributed by atoms with E-state index in [9.17, 15) is 4.79 Å². The van der Waals surface area contributed by atoms with Gasteiger partial charge >= 0.3 is 0 Å². The minimum Gasteiger partial charge on any atom is -0.493 e. The molecule has 7 heteroatoms. The van der Waals surface area contributed by atoms with Gasteiger partial charge in [-0.15, -0.1) is 5.10 Å². The number of rotatable bonds is 4. The zero-order chi connectivity index (χ0) is 14.7. The number of carbonyl (C=O) groups is 1. The monoisotopic (exact) mass is 280 g/mol. The molecule has 7 nitrogen and oxygen atoms in total. The van der Waals surface area contributed by atoms with Crippen LogP contribution in [0.25, 0.3) is 0 Å². The van der Waals surface area contributed by atoms with Crippen LogP contribution in [0.2, 0.25) is 0 Å². The molecule has 0 spiro atoms. The van der Waals surface area contributed by atoms with Gasteiger partial charge in [-0.05, 0) is 12.1 Å². The van der Waals surface area contributed by atoms with Crippen LogP contribution in [-0.2, 0) is 9.53 Å². The predicted octanol–water partition coefficient (Wildman–Crippen LogP) is 0.863. The lowest BCUT2D eigenvalue weighted by Crippen LogP contribution is -2.33. The second-order valence-electron chi connectivity index (χ2n) is 4.03. The summed E-state index contributed by atoms with van der Waals surface area (Å²) in [6.07, 6.45) is 0. The number of hydrazone groups is 1. The Morgan fingerprint density at radius 3 is 2.20 bits per heavy atom. The highest BCUT2D eigenvalue weighted by Crippen LogP contribution is 2.38. The minimum absolute atomic E-state index is 0.0496. The van der Waals surface area contributed by atoms with Gasteiger partial charge in [0.2, 0.25) is 11.6 Å². The smallest absolute Gasteiger partial charge is 0.280 e. The number of benzene rings is 1. The van der Waals surface area contributed by atoms with Crippen molar-refractivity contribution in [1.82, 2.24) is 5.01 Å². The lowest BCUT2D eigenvalue weighted by molar-refractivity contribution is -0.134. The predicted molar refractivity (Wildman–Crippen MR) is 71.4 cm³/mol. The molecule has 0 atom stereocenters. The van der Waals surface area contributed by atoms with E-state index in [1.807, 2.05) is 0 Å². The first kappa shape index (κ1) is 14.0. The van der Waals surface area contributed by atoms with Crippen molar-refractivity contribution >= 4 is 11.8 Å². The first-order chi connectivity index (χ1) is 9.60. The number of amides is 1. The average molecular weight is 280 g/mol. The molecule has 1 aromatic rings. The molecule has 1 aromatic carbocycles. The summed E-state index contributed by atoms with van der Waals surface area (Å²) in [6, 6.07) is 3.42. The Hall–Kier alpha value is -2.44. The summed E-state index contributed by atoms with van der Waals surface area (Å²) in [7, 11) is 6.16. The molecule has 0 aliphatic carbocycles. The lowest BCUT2D eigenvalue weighted by Gasteiger charge is -2.21. The van der Waals surface area contributed by atoms with Crippen molar-refractivity contribution in [2.75, 3.05) is 35.0 Å². The topological polar surface area (TPSA) is 69.6 Å². The fourth-order valence-electron chi connectivity index (χ4n) is 1.79. The van der Waals surface area contributed by atoms with E-state index in [-0.39, 0.29) is 12.5 Å². The Morgan fingerprint density at radius 1 is 1.15 bits per heavy atom. The number of likely N-dealkylation sites (N-methyl/N-ethyl adjacent to an activating group) is 1. The number of nitrogens with zero attached hydrogens (tertiary/aromatic N) is 2. The summed E-state index contributed by atoms with van der Waals surface area (Å²) in [6.45, 7) is -0.0496. The molecule has 1 amide bonds. The molecule has 0 fully saturated rings. The van der Waals surface area contributed by atoms with Crippen LogP contribution in [0.1, 0.15) is 5.56 Å². The molecule has 108 valence electrons. The number of methoxy groups -OCH3 is 3. The van der Waals surface area contributed by atoms with Crippen LogP contribution in [0.5, 0.6) is 17.2 Å². The first-order valence-corrected chi connectivity index (χ1v) is 5.89. The van der Waals surface area contributed by atoms with Crippen molar-refractivity contribution in [2.24, 2.45) is 5.10 Å². The van der Waals surface area contributed by atoms with Gasteiger partial charge in [0.05, 0.1) is 21.3 Å². The fourth-order valence-corrected chi connectivity index (χ4v) is 1.79. The Labute approximate surface area is 116 Å². The van der Waals surface area contributed by atoms with Crippen molar-refractivity contribution in [3.05, 3.63) is 17.7 Å². The van der Waals surface area contributed by atoms with Crippen LogP contribution < -0.4 is 14.2 Å². The molecule has 0 radical (unpaired) electrons. The minimum atomic E-state index is -0.207. The van der Waals surface area contributed by atoms with Crippen LogP contribution >= 0.6 is 0 Å². The maximum Gasteiger partial charge on any atom is 0.280 e. The van der Waals surface area contributed by atoms with Crippen LogP contribution in [0, 0.1) is 0 Å². The molecule has 1 aliphatic rings. The molecule has 1 aliphatic heterocycles. The van der Waals surface area contributed by atoms with Gasteiger partial charge in [-0.25, -0.2) is 5.01 Å². The van der Waals surface area contributed by atoms with Crippen molar-refractivity contribution in [3.8, 4) is 17.2 Å². The molecule has 0 bridgehead atoms. The van der Waals surface area contributed by atoms with Gasteiger partial charge < -0.3 is 18.9 Å². The summed E-state index contributed by atoms with van der Waals surface area (Å²) >= 11 is 0. The summed E-state index contributed by atoms with van der Waals surface area (Å²) in [4.78, 5) is 11.3. The molecule has 1 heterocycles. The van der Waals surface area contributed by atoms with E-state index in [1.54, 1.807) is 19.2 Å². The zero-order valence-electron chi connectivity index (χ0n) is 11.8. The number of carbonyl (C=O) groups excluding carboxylic acids is 1. The second kappa shape index (κ2) is 5.68. The van der Waals surface area contributed by atoms with Crippen LogP contribution in [0.4, 0.5) is 0 Å². The molecular formula is C13H16N2O5. The zero-order valence-corrected chi connectivity index (χ0v) is 11.8. The Kier molecular flexibility index (Phi) is 3.97. The van der Waals surface area contributed by atoms with Crippen LogP contribution in [-0.4, -0.2) is 51.8 Å². The average Bonchev–Trinajstić information content (AvgIpc) is 2.48. The molecule has 20 heavy (non-hydrogen) atoms. The molecule has 0 aromatic heterocycles. The van der Waals surface area contributed by atoms with E-state index in [0.29, 0.717) is 28.7 Å². The van der Waals surface area contributed by atoms with E-state index < -0.39 is 0 Å². The quantitative estimate of drug-likeness (QED) is 0.818. The van der Waals surface area contributed by atoms with Crippen molar-refractivity contribution < 1.29 is 23.7 Å². The van der Waals surface area contributed by atoms with Crippen LogP contribution in [0.3, 0.4) is 0 Å². The number of ether oxygens (including phenoxy) is 4. The third-order valence-electron chi connectivity index (χ3n) is 2.85. The molecule has 0 N–H and O–H groups in total. The largest absolute Gasteiger partial charge is 0.493 e. The van der Waals surface area contributed by atoms with Gasteiger partial charge in [-0.2, -0.15) is 0 Å². The molecule has 0 unspecified atom stereocenters. The Balaban J connectivity index is 2.47. The molecule has 0 saturated carbocycles. The van der Waals surface area contributed by atoms with E-state index in [0.717, 1.165) is 0 Å². The summed E-state index contributed by atoms with van der Waals surface area (Å²) < 4.78 is 21.1. The van der Waals surface area contributed by atoms with Crippen molar-refractivity contribution in [1.29, 1.82) is 0 Å². The van der Waals surface area contributed by atoms with Gasteiger partial charge in [0.25, 0.3) is 5.91 Å². The van der Waals surface area contributed by atoms with Gasteiger partial charge in [0, 0.05) is 12.6 Å². The van der Waals surface area contributed by atoms with E-state index in [1.165, 1.54) is 26.3 Å². The number of hydrogen-bond donors (Lipinski definition) is 0. The lowest BCUT2D eigenvalue weighted by atomic mass is 10.1. The summed E-state index contributed by atoms with van der Waals surface area (Å²) in [5, 5.41) is 5.30.